The minimum Gasteiger partial charge on any atom is -0.493 e. The van der Waals surface area contributed by atoms with Crippen LogP contribution in [0.25, 0.3) is 22.0 Å². The van der Waals surface area contributed by atoms with Crippen molar-refractivity contribution in [2.75, 3.05) is 18.0 Å². The van der Waals surface area contributed by atoms with Gasteiger partial charge in [0.1, 0.15) is 0 Å². The second-order valence-electron chi connectivity index (χ2n) is 6.81. The van der Waals surface area contributed by atoms with E-state index >= 15 is 0 Å². The van der Waals surface area contributed by atoms with E-state index in [4.69, 9.17) is 9.97 Å². The smallest absolute Gasteiger partial charge is 0.226 e. The van der Waals surface area contributed by atoms with Crippen molar-refractivity contribution in [2.24, 2.45) is 0 Å². The van der Waals surface area contributed by atoms with Gasteiger partial charge < -0.3 is 15.1 Å². The number of anilines is 1. The average molecular weight is 334 g/mol. The van der Waals surface area contributed by atoms with E-state index in [0.29, 0.717) is 19.0 Å². The number of aromatic hydroxyl groups is 1. The van der Waals surface area contributed by atoms with Crippen molar-refractivity contribution in [3.63, 3.8) is 0 Å². The maximum Gasteiger partial charge on any atom is 0.226 e. The zero-order valence-corrected chi connectivity index (χ0v) is 13.7. The molecule has 1 saturated heterocycles. The lowest BCUT2D eigenvalue weighted by Gasteiger charge is -2.36. The molecular weight excluding hydrogens is 316 g/mol. The molecule has 25 heavy (non-hydrogen) atoms. The van der Waals surface area contributed by atoms with Crippen LogP contribution in [0, 0.1) is 0 Å². The molecule has 0 atom stereocenters. The van der Waals surface area contributed by atoms with E-state index in [1.165, 1.54) is 5.56 Å². The predicted molar refractivity (Wildman–Crippen MR) is 94.7 cm³/mol. The predicted octanol–water partition coefficient (Wildman–Crippen LogP) is 2.07. The SMILES string of the molecule is Oc1cc2cc(-c3nc(N4CC(O)C4)nc4c3CCC4)ccc2cn1. The first kappa shape index (κ1) is 14.6. The van der Waals surface area contributed by atoms with Gasteiger partial charge >= 0.3 is 0 Å². The molecule has 1 aromatic carbocycles. The molecular formula is C19H18N4O2. The summed E-state index contributed by atoms with van der Waals surface area (Å²) in [5.74, 6) is 0.728. The van der Waals surface area contributed by atoms with Gasteiger partial charge in [-0.15, -0.1) is 0 Å². The third-order valence-corrected chi connectivity index (χ3v) is 5.05. The molecule has 3 heterocycles. The van der Waals surface area contributed by atoms with E-state index in [1.54, 1.807) is 12.3 Å². The van der Waals surface area contributed by atoms with Gasteiger partial charge in [-0.1, -0.05) is 12.1 Å². The highest BCUT2D eigenvalue weighted by molar-refractivity contribution is 5.87. The lowest BCUT2D eigenvalue weighted by molar-refractivity contribution is 0.140. The van der Waals surface area contributed by atoms with Crippen molar-refractivity contribution in [1.82, 2.24) is 15.0 Å². The van der Waals surface area contributed by atoms with E-state index < -0.39 is 0 Å². The molecule has 1 aliphatic heterocycles. The molecule has 0 bridgehead atoms. The summed E-state index contributed by atoms with van der Waals surface area (Å²) in [6, 6.07) is 7.78. The number of nitrogens with zero attached hydrogens (tertiary/aromatic N) is 4. The summed E-state index contributed by atoms with van der Waals surface area (Å²) in [5, 5.41) is 21.2. The lowest BCUT2D eigenvalue weighted by Crippen LogP contribution is -2.51. The Kier molecular flexibility index (Phi) is 3.15. The minimum atomic E-state index is -0.281. The Hall–Kier alpha value is -2.73. The Labute approximate surface area is 144 Å². The first-order chi connectivity index (χ1) is 12.2. The molecule has 2 aromatic heterocycles. The highest BCUT2D eigenvalue weighted by Crippen LogP contribution is 2.34. The molecule has 5 rings (SSSR count). The van der Waals surface area contributed by atoms with E-state index in [0.717, 1.165) is 47.0 Å². The summed E-state index contributed by atoms with van der Waals surface area (Å²) < 4.78 is 0. The summed E-state index contributed by atoms with van der Waals surface area (Å²) >= 11 is 0. The van der Waals surface area contributed by atoms with Crippen LogP contribution in [-0.2, 0) is 12.8 Å². The molecule has 1 fully saturated rings. The molecule has 0 unspecified atom stereocenters. The minimum absolute atomic E-state index is 0.0211. The number of pyridine rings is 1. The van der Waals surface area contributed by atoms with Gasteiger partial charge in [0.2, 0.25) is 11.8 Å². The third kappa shape index (κ3) is 2.41. The molecule has 0 amide bonds. The van der Waals surface area contributed by atoms with Crippen LogP contribution in [0.3, 0.4) is 0 Å². The Balaban J connectivity index is 1.65. The molecule has 0 spiro atoms. The number of benzene rings is 1. The zero-order chi connectivity index (χ0) is 17.0. The fourth-order valence-corrected chi connectivity index (χ4v) is 3.69. The Morgan fingerprint density at radius 3 is 2.76 bits per heavy atom. The Morgan fingerprint density at radius 1 is 1.04 bits per heavy atom. The first-order valence-electron chi connectivity index (χ1n) is 8.59. The number of fused-ring (bicyclic) bond motifs is 2. The molecule has 0 saturated carbocycles. The topological polar surface area (TPSA) is 82.4 Å². The summed E-state index contributed by atoms with van der Waals surface area (Å²) in [5.41, 5.74) is 4.35. The van der Waals surface area contributed by atoms with Crippen molar-refractivity contribution in [3.8, 4) is 17.1 Å². The van der Waals surface area contributed by atoms with Crippen LogP contribution in [0.2, 0.25) is 0 Å². The third-order valence-electron chi connectivity index (χ3n) is 5.05. The van der Waals surface area contributed by atoms with Gasteiger partial charge in [0.25, 0.3) is 0 Å². The van der Waals surface area contributed by atoms with Crippen molar-refractivity contribution in [1.29, 1.82) is 0 Å². The molecule has 0 radical (unpaired) electrons. The normalized spacial score (nSPS) is 16.9. The number of aromatic nitrogens is 3. The second-order valence-corrected chi connectivity index (χ2v) is 6.81. The van der Waals surface area contributed by atoms with Crippen molar-refractivity contribution >= 4 is 16.7 Å². The van der Waals surface area contributed by atoms with Gasteiger partial charge in [-0.2, -0.15) is 0 Å². The zero-order valence-electron chi connectivity index (χ0n) is 13.7. The number of aliphatic hydroxyl groups excluding tert-OH is 1. The highest BCUT2D eigenvalue weighted by atomic mass is 16.3. The van der Waals surface area contributed by atoms with Gasteiger partial charge in [0.15, 0.2) is 0 Å². The molecule has 6 heteroatoms. The van der Waals surface area contributed by atoms with Crippen LogP contribution in [-0.4, -0.2) is 44.4 Å². The van der Waals surface area contributed by atoms with Crippen LogP contribution in [0.5, 0.6) is 5.88 Å². The van der Waals surface area contributed by atoms with Gasteiger partial charge in [-0.3, -0.25) is 0 Å². The molecule has 1 aliphatic carbocycles. The summed E-state index contributed by atoms with van der Waals surface area (Å²) in [6.45, 7) is 1.19. The van der Waals surface area contributed by atoms with E-state index in [9.17, 15) is 10.2 Å². The fourth-order valence-electron chi connectivity index (χ4n) is 3.69. The molecule has 3 aromatic rings. The van der Waals surface area contributed by atoms with Crippen LogP contribution >= 0.6 is 0 Å². The summed E-state index contributed by atoms with van der Waals surface area (Å²) in [7, 11) is 0. The van der Waals surface area contributed by atoms with Crippen molar-refractivity contribution < 1.29 is 10.2 Å². The summed E-state index contributed by atoms with van der Waals surface area (Å²) in [6.07, 6.45) is 4.46. The lowest BCUT2D eigenvalue weighted by atomic mass is 10.0. The monoisotopic (exact) mass is 334 g/mol. The molecule has 2 aliphatic rings. The largest absolute Gasteiger partial charge is 0.493 e. The van der Waals surface area contributed by atoms with E-state index in [-0.39, 0.29) is 12.0 Å². The van der Waals surface area contributed by atoms with Gasteiger partial charge in [0.05, 0.1) is 11.8 Å². The van der Waals surface area contributed by atoms with Gasteiger partial charge in [-0.05, 0) is 30.7 Å². The maximum absolute atomic E-state index is 9.66. The first-order valence-corrected chi connectivity index (χ1v) is 8.59. The van der Waals surface area contributed by atoms with Crippen LogP contribution in [0.1, 0.15) is 17.7 Å². The standard InChI is InChI=1S/C19H18N4O2/c24-14-9-23(10-14)19-21-16-3-1-2-15(16)18(22-19)11-4-5-12-8-20-17(25)7-13(12)6-11/h4-8,14,24H,1-3,9-10H2,(H,20,25). The number of rotatable bonds is 2. The van der Waals surface area contributed by atoms with Crippen LogP contribution in [0.4, 0.5) is 5.95 Å². The quantitative estimate of drug-likeness (QED) is 0.746. The Morgan fingerprint density at radius 2 is 1.92 bits per heavy atom. The number of hydrogen-bond donors (Lipinski definition) is 2. The van der Waals surface area contributed by atoms with Crippen LogP contribution < -0.4 is 4.90 Å². The van der Waals surface area contributed by atoms with Crippen LogP contribution in [0.15, 0.2) is 30.5 Å². The number of β-amino-alcohol motifs (C(OH)–C–C–N with tert-alkyl or cyclic N) is 1. The average Bonchev–Trinajstić information content (AvgIpc) is 3.06. The Bertz CT molecular complexity index is 983. The van der Waals surface area contributed by atoms with E-state index in [2.05, 4.69) is 11.1 Å². The van der Waals surface area contributed by atoms with Crippen molar-refractivity contribution in [3.05, 3.63) is 41.7 Å². The molecule has 6 nitrogen and oxygen atoms in total. The van der Waals surface area contributed by atoms with Gasteiger partial charge in [0, 0.05) is 47.6 Å². The number of hydrogen-bond acceptors (Lipinski definition) is 6. The second kappa shape index (κ2) is 5.39. The number of aliphatic hydroxyl groups is 1. The highest BCUT2D eigenvalue weighted by Gasteiger charge is 2.29. The van der Waals surface area contributed by atoms with Gasteiger partial charge in [-0.25, -0.2) is 15.0 Å². The fraction of sp³-hybridized carbons (Fsp3) is 0.316. The van der Waals surface area contributed by atoms with E-state index in [1.807, 2.05) is 17.0 Å². The molecule has 2 N–H and O–H groups in total. The maximum atomic E-state index is 9.66. The molecule has 126 valence electrons. The van der Waals surface area contributed by atoms with Crippen molar-refractivity contribution in [2.45, 2.75) is 25.4 Å². The summed E-state index contributed by atoms with van der Waals surface area (Å²) in [4.78, 5) is 15.5. The number of aryl methyl sites for hydroxylation is 1.